The van der Waals surface area contributed by atoms with Gasteiger partial charge in [-0.3, -0.25) is 4.90 Å². The van der Waals surface area contributed by atoms with Crippen LogP contribution in [0, 0.1) is 10.8 Å². The van der Waals surface area contributed by atoms with Gasteiger partial charge in [0.05, 0.1) is 7.11 Å². The van der Waals surface area contributed by atoms with Crippen molar-refractivity contribution in [2.45, 2.75) is 39.3 Å². The van der Waals surface area contributed by atoms with Gasteiger partial charge in [0.25, 0.3) is 0 Å². The van der Waals surface area contributed by atoms with Crippen molar-refractivity contribution < 1.29 is 19.7 Å². The lowest BCUT2D eigenvalue weighted by Crippen LogP contribution is -2.79. The van der Waals surface area contributed by atoms with Gasteiger partial charge < -0.3 is 19.8 Å². The first kappa shape index (κ1) is 22.6. The number of hydrogen-bond donors (Lipinski definition) is 2. The average molecular weight is 440 g/mol. The molecule has 1 aliphatic carbocycles. The van der Waals surface area contributed by atoms with Gasteiger partial charge in [0.2, 0.25) is 0 Å². The van der Waals surface area contributed by atoms with Crippen LogP contribution in [-0.2, 0) is 10.3 Å². The van der Waals surface area contributed by atoms with Gasteiger partial charge in [0.1, 0.15) is 22.7 Å². The van der Waals surface area contributed by atoms with E-state index >= 15 is 0 Å². The minimum atomic E-state index is -1.02. The van der Waals surface area contributed by atoms with Crippen LogP contribution >= 0.6 is 0 Å². The van der Waals surface area contributed by atoms with Crippen molar-refractivity contribution in [1.29, 1.82) is 0 Å². The zero-order chi connectivity index (χ0) is 23.3. The van der Waals surface area contributed by atoms with Crippen molar-refractivity contribution in [3.8, 4) is 5.75 Å². The Balaban J connectivity index is 1.54. The number of esters is 1. The van der Waals surface area contributed by atoms with Gasteiger partial charge >= 0.3 is 5.97 Å². The summed E-state index contributed by atoms with van der Waals surface area (Å²) >= 11 is 0. The zero-order valence-electron chi connectivity index (χ0n) is 19.5. The van der Waals surface area contributed by atoms with E-state index in [9.17, 15) is 15.0 Å². The Kier molecular flexibility index (Phi) is 5.46. The maximum Gasteiger partial charge on any atom is 0.341 e. The second-order valence-corrected chi connectivity index (χ2v) is 9.99. The van der Waals surface area contributed by atoms with Crippen molar-refractivity contribution in [1.82, 2.24) is 9.88 Å². The summed E-state index contributed by atoms with van der Waals surface area (Å²) < 4.78 is 4.92. The van der Waals surface area contributed by atoms with Crippen LogP contribution in [0.2, 0.25) is 0 Å². The van der Waals surface area contributed by atoms with Crippen LogP contribution in [0.4, 0.5) is 5.82 Å². The summed E-state index contributed by atoms with van der Waals surface area (Å²) in [6, 6.07) is 10.6. The smallest absolute Gasteiger partial charge is 0.341 e. The molecule has 1 saturated carbocycles. The third-order valence-corrected chi connectivity index (χ3v) is 7.69. The number of ether oxygens (including phenoxy) is 1. The molecule has 2 aromatic rings. The fraction of sp³-hybridized carbons (Fsp3) is 0.520. The first-order valence-electron chi connectivity index (χ1n) is 11.1. The van der Waals surface area contributed by atoms with Crippen LogP contribution < -0.4 is 4.90 Å². The fourth-order valence-corrected chi connectivity index (χ4v) is 6.52. The Morgan fingerprint density at radius 3 is 2.19 bits per heavy atom. The number of pyridine rings is 1. The normalized spacial score (nSPS) is 26.9. The van der Waals surface area contributed by atoms with Gasteiger partial charge in [-0.15, -0.1) is 0 Å². The molecule has 1 aromatic carbocycles. The summed E-state index contributed by atoms with van der Waals surface area (Å²) in [6.07, 6.45) is 1.70. The van der Waals surface area contributed by atoms with Gasteiger partial charge in [-0.1, -0.05) is 39.8 Å². The molecular formula is C25H33N3O4. The molecule has 172 valence electrons. The van der Waals surface area contributed by atoms with Crippen molar-refractivity contribution in [2.24, 2.45) is 10.8 Å². The third kappa shape index (κ3) is 3.10. The molecule has 2 heterocycles. The van der Waals surface area contributed by atoms with Gasteiger partial charge in [0.15, 0.2) is 0 Å². The van der Waals surface area contributed by atoms with Crippen LogP contribution in [0.15, 0.2) is 42.6 Å². The van der Waals surface area contributed by atoms with E-state index in [1.807, 2.05) is 12.1 Å². The molecule has 1 aromatic heterocycles. The van der Waals surface area contributed by atoms with E-state index in [0.29, 0.717) is 11.4 Å². The average Bonchev–Trinajstić information content (AvgIpc) is 2.78. The molecule has 0 amide bonds. The number of anilines is 1. The lowest BCUT2D eigenvalue weighted by atomic mass is 9.39. The lowest BCUT2D eigenvalue weighted by Gasteiger charge is -2.72. The second kappa shape index (κ2) is 7.74. The van der Waals surface area contributed by atoms with E-state index in [2.05, 4.69) is 42.5 Å². The standard InChI is InChI=1S/C25H33N3O4/c1-23(2)22(24(3,4)25(23,31)17-8-10-18(29)11-9-17)28-15-13-27(14-16-28)20-19(21(30)32-5)7-6-12-26-20/h6-12,22,29,31H,13-16H2,1-5H3. The Bertz CT molecular complexity index is 979. The highest BCUT2D eigenvalue weighted by atomic mass is 16.5. The molecule has 0 radical (unpaired) electrons. The summed E-state index contributed by atoms with van der Waals surface area (Å²) in [5.74, 6) is 0.475. The number of aromatic hydroxyl groups is 1. The highest BCUT2D eigenvalue weighted by Gasteiger charge is 2.73. The van der Waals surface area contributed by atoms with E-state index in [4.69, 9.17) is 4.74 Å². The summed E-state index contributed by atoms with van der Waals surface area (Å²) in [4.78, 5) is 21.2. The number of nitrogens with zero attached hydrogens (tertiary/aromatic N) is 3. The highest BCUT2D eigenvalue weighted by molar-refractivity contribution is 5.94. The minimum absolute atomic E-state index is 0.166. The predicted molar refractivity (Wildman–Crippen MR) is 123 cm³/mol. The molecule has 2 N–H and O–H groups in total. The summed E-state index contributed by atoms with van der Waals surface area (Å²) in [5.41, 5.74) is -0.490. The molecule has 32 heavy (non-hydrogen) atoms. The molecule has 0 unspecified atom stereocenters. The predicted octanol–water partition coefficient (Wildman–Crippen LogP) is 3.02. The second-order valence-electron chi connectivity index (χ2n) is 9.99. The fourth-order valence-electron chi connectivity index (χ4n) is 6.52. The van der Waals surface area contributed by atoms with Gasteiger partial charge in [-0.05, 0) is 29.8 Å². The monoisotopic (exact) mass is 439 g/mol. The first-order chi connectivity index (χ1) is 15.1. The lowest BCUT2D eigenvalue weighted by molar-refractivity contribution is -0.307. The molecule has 0 bridgehead atoms. The highest BCUT2D eigenvalue weighted by Crippen LogP contribution is 2.68. The van der Waals surface area contributed by atoms with Gasteiger partial charge in [-0.25, -0.2) is 9.78 Å². The van der Waals surface area contributed by atoms with E-state index in [1.165, 1.54) is 7.11 Å². The van der Waals surface area contributed by atoms with Crippen LogP contribution in [0.1, 0.15) is 43.6 Å². The topological polar surface area (TPSA) is 86.1 Å². The number of phenolic OH excluding ortho intramolecular Hbond substituents is 1. The SMILES string of the molecule is COC(=O)c1cccnc1N1CCN(C2C(C)(C)C(O)(c3ccc(O)cc3)C2(C)C)CC1. The molecule has 1 saturated heterocycles. The quantitative estimate of drug-likeness (QED) is 0.708. The number of hydrogen-bond acceptors (Lipinski definition) is 7. The number of aliphatic hydroxyl groups is 1. The van der Waals surface area contributed by atoms with Gasteiger partial charge in [0, 0.05) is 49.2 Å². The largest absolute Gasteiger partial charge is 0.508 e. The van der Waals surface area contributed by atoms with E-state index in [0.717, 1.165) is 31.7 Å². The number of carbonyl (C=O) groups excluding carboxylic acids is 1. The van der Waals surface area contributed by atoms with Crippen LogP contribution in [-0.4, -0.2) is 65.4 Å². The number of phenols is 1. The van der Waals surface area contributed by atoms with Crippen molar-refractivity contribution in [3.63, 3.8) is 0 Å². The van der Waals surface area contributed by atoms with Crippen LogP contribution in [0.3, 0.4) is 0 Å². The molecule has 1 aliphatic heterocycles. The Labute approximate surface area is 189 Å². The van der Waals surface area contributed by atoms with E-state index in [-0.39, 0.29) is 17.8 Å². The summed E-state index contributed by atoms with van der Waals surface area (Å²) in [7, 11) is 1.38. The molecule has 2 aliphatic rings. The molecule has 7 heteroatoms. The van der Waals surface area contributed by atoms with E-state index in [1.54, 1.807) is 30.5 Å². The minimum Gasteiger partial charge on any atom is -0.508 e. The molecule has 0 atom stereocenters. The van der Waals surface area contributed by atoms with Crippen molar-refractivity contribution >= 4 is 11.8 Å². The zero-order valence-corrected chi connectivity index (χ0v) is 19.5. The van der Waals surface area contributed by atoms with E-state index < -0.39 is 16.4 Å². The van der Waals surface area contributed by atoms with Gasteiger partial charge in [-0.2, -0.15) is 0 Å². The van der Waals surface area contributed by atoms with Crippen molar-refractivity contribution in [3.05, 3.63) is 53.7 Å². The number of benzene rings is 1. The molecule has 2 fully saturated rings. The molecular weight excluding hydrogens is 406 g/mol. The number of aromatic nitrogens is 1. The maximum absolute atomic E-state index is 12.2. The first-order valence-corrected chi connectivity index (χ1v) is 11.1. The number of methoxy groups -OCH3 is 1. The maximum atomic E-state index is 12.2. The Hall–Kier alpha value is -2.64. The molecule has 4 rings (SSSR count). The Morgan fingerprint density at radius 1 is 1.03 bits per heavy atom. The van der Waals surface area contributed by atoms with Crippen LogP contribution in [0.5, 0.6) is 5.75 Å². The number of carbonyl (C=O) groups is 1. The summed E-state index contributed by atoms with van der Waals surface area (Å²) in [6.45, 7) is 11.6. The number of rotatable bonds is 4. The molecule has 7 nitrogen and oxygen atoms in total. The van der Waals surface area contributed by atoms with Crippen molar-refractivity contribution in [2.75, 3.05) is 38.2 Å². The number of piperazine rings is 1. The summed E-state index contributed by atoms with van der Waals surface area (Å²) in [5, 5.41) is 21.6. The third-order valence-electron chi connectivity index (χ3n) is 7.69. The van der Waals surface area contributed by atoms with Crippen LogP contribution in [0.25, 0.3) is 0 Å². The molecule has 0 spiro atoms. The Morgan fingerprint density at radius 2 is 1.62 bits per heavy atom.